The minimum atomic E-state index is 0.904. The summed E-state index contributed by atoms with van der Waals surface area (Å²) in [5.74, 6) is 0.908. The molecule has 4 aromatic heterocycles. The summed E-state index contributed by atoms with van der Waals surface area (Å²) in [7, 11) is 0. The molecule has 63 heavy (non-hydrogen) atoms. The Bertz CT molecular complexity index is 2950. The first-order valence-electron chi connectivity index (χ1n) is 21.6. The largest absolute Gasteiger partial charge is 0.299 e. The fourth-order valence-electron chi connectivity index (χ4n) is 8.36. The van der Waals surface area contributed by atoms with Gasteiger partial charge in [0.25, 0.3) is 0 Å². The summed E-state index contributed by atoms with van der Waals surface area (Å²) in [5.41, 5.74) is 18.2. The van der Waals surface area contributed by atoms with Crippen LogP contribution in [0.3, 0.4) is 0 Å². The van der Waals surface area contributed by atoms with Crippen LogP contribution >= 0.6 is 0 Å². The third kappa shape index (κ3) is 9.05. The summed E-state index contributed by atoms with van der Waals surface area (Å²) < 4.78 is 2.25. The minimum Gasteiger partial charge on any atom is -0.299 e. The first-order chi connectivity index (χ1) is 31.2. The van der Waals surface area contributed by atoms with Crippen LogP contribution in [0.25, 0.3) is 73.1 Å². The van der Waals surface area contributed by atoms with E-state index in [-0.39, 0.29) is 0 Å². The maximum absolute atomic E-state index is 5.07. The van der Waals surface area contributed by atoms with E-state index in [0.29, 0.717) is 0 Å². The van der Waals surface area contributed by atoms with Crippen LogP contribution in [0, 0.1) is 0 Å². The Balaban J connectivity index is 0.995. The molecule has 6 aromatic carbocycles. The van der Waals surface area contributed by atoms with Gasteiger partial charge in [0, 0.05) is 58.8 Å². The van der Waals surface area contributed by atoms with Crippen molar-refractivity contribution in [3.05, 3.63) is 247 Å². The smallest absolute Gasteiger partial charge is 0.144 e. The van der Waals surface area contributed by atoms with E-state index in [1.807, 2.05) is 61.2 Å². The van der Waals surface area contributed by atoms with Crippen molar-refractivity contribution in [2.45, 2.75) is 25.7 Å². The lowest BCUT2D eigenvalue weighted by Crippen LogP contribution is -2.02. The van der Waals surface area contributed by atoms with Crippen molar-refractivity contribution in [3.8, 4) is 73.1 Å². The Labute approximate surface area is 369 Å². The molecule has 0 amide bonds. The van der Waals surface area contributed by atoms with Gasteiger partial charge in [0.15, 0.2) is 0 Å². The fourth-order valence-corrected chi connectivity index (χ4v) is 8.36. The molecule has 0 atom stereocenters. The van der Waals surface area contributed by atoms with Gasteiger partial charge in [0.1, 0.15) is 5.82 Å². The molecule has 0 saturated heterocycles. The molecule has 10 aromatic rings. The lowest BCUT2D eigenvalue weighted by Gasteiger charge is -2.17. The topological polar surface area (TPSA) is 56.5 Å². The van der Waals surface area contributed by atoms with Crippen molar-refractivity contribution < 1.29 is 0 Å². The Morgan fingerprint density at radius 3 is 1.30 bits per heavy atom. The molecule has 0 spiro atoms. The predicted octanol–water partition coefficient (Wildman–Crippen LogP) is 13.6. The van der Waals surface area contributed by atoms with Gasteiger partial charge in [-0.15, -0.1) is 0 Å². The maximum Gasteiger partial charge on any atom is 0.144 e. The predicted molar refractivity (Wildman–Crippen MR) is 257 cm³/mol. The second kappa shape index (κ2) is 18.3. The highest BCUT2D eigenvalue weighted by Crippen LogP contribution is 2.36. The summed E-state index contributed by atoms with van der Waals surface area (Å²) in [5, 5.41) is 0. The van der Waals surface area contributed by atoms with Crippen LogP contribution < -0.4 is 0 Å². The molecule has 10 rings (SSSR count). The summed E-state index contributed by atoms with van der Waals surface area (Å²) in [6.07, 6.45) is 13.2. The zero-order valence-corrected chi connectivity index (χ0v) is 34.9. The fraction of sp³-hybridized carbons (Fsp3) is 0.0690. The molecule has 0 aliphatic heterocycles. The van der Waals surface area contributed by atoms with E-state index in [1.54, 1.807) is 0 Å². The van der Waals surface area contributed by atoms with E-state index < -0.39 is 0 Å². The van der Waals surface area contributed by atoms with Crippen molar-refractivity contribution in [1.82, 2.24) is 24.5 Å². The van der Waals surface area contributed by atoms with Crippen molar-refractivity contribution >= 4 is 0 Å². The van der Waals surface area contributed by atoms with Crippen molar-refractivity contribution in [2.75, 3.05) is 0 Å². The zero-order valence-electron chi connectivity index (χ0n) is 34.9. The van der Waals surface area contributed by atoms with E-state index in [2.05, 4.69) is 178 Å². The van der Waals surface area contributed by atoms with E-state index in [0.717, 1.165) is 87.7 Å². The molecule has 0 N–H and O–H groups in total. The summed E-state index contributed by atoms with van der Waals surface area (Å²) in [6, 6.07) is 68.9. The average molecular weight is 812 g/mol. The molecule has 0 radical (unpaired) electrons. The van der Waals surface area contributed by atoms with Gasteiger partial charge in [0.05, 0.1) is 22.8 Å². The Hall–Kier alpha value is -8.02. The number of hydrogen-bond acceptors (Lipinski definition) is 4. The van der Waals surface area contributed by atoms with Crippen LogP contribution in [0.15, 0.2) is 225 Å². The summed E-state index contributed by atoms with van der Waals surface area (Å²) >= 11 is 0. The maximum atomic E-state index is 5.07. The molecule has 302 valence electrons. The lowest BCUT2D eigenvalue weighted by atomic mass is 9.95. The Morgan fingerprint density at radius 1 is 0.302 bits per heavy atom. The van der Waals surface area contributed by atoms with E-state index in [9.17, 15) is 0 Å². The molecule has 0 aliphatic rings. The highest BCUT2D eigenvalue weighted by molar-refractivity contribution is 5.81. The van der Waals surface area contributed by atoms with Gasteiger partial charge in [-0.3, -0.25) is 19.5 Å². The van der Waals surface area contributed by atoms with E-state index in [1.165, 1.54) is 33.4 Å². The second-order valence-corrected chi connectivity index (χ2v) is 15.9. The second-order valence-electron chi connectivity index (χ2n) is 15.9. The molecule has 0 fully saturated rings. The highest BCUT2D eigenvalue weighted by atomic mass is 15.1. The van der Waals surface area contributed by atoms with Crippen LogP contribution in [-0.2, 0) is 25.7 Å². The number of pyridine rings is 3. The van der Waals surface area contributed by atoms with Crippen LogP contribution in [-0.4, -0.2) is 24.5 Å². The quantitative estimate of drug-likeness (QED) is 0.116. The van der Waals surface area contributed by atoms with Crippen molar-refractivity contribution in [1.29, 1.82) is 0 Å². The van der Waals surface area contributed by atoms with Gasteiger partial charge in [-0.2, -0.15) is 0 Å². The molecular weight excluding hydrogens is 767 g/mol. The number of aryl methyl sites for hydroxylation is 4. The summed E-state index contributed by atoms with van der Waals surface area (Å²) in [4.78, 5) is 18.9. The zero-order chi connectivity index (χ0) is 42.2. The van der Waals surface area contributed by atoms with Gasteiger partial charge < -0.3 is 0 Å². The number of nitrogens with zero attached hydrogens (tertiary/aromatic N) is 5. The molecule has 0 unspecified atom stereocenters. The van der Waals surface area contributed by atoms with Crippen LogP contribution in [0.4, 0.5) is 0 Å². The summed E-state index contributed by atoms with van der Waals surface area (Å²) in [6.45, 7) is 0. The normalized spacial score (nSPS) is 11.1. The van der Waals surface area contributed by atoms with Crippen LogP contribution in [0.2, 0.25) is 0 Å². The third-order valence-electron chi connectivity index (χ3n) is 11.7. The molecule has 0 bridgehead atoms. The number of hydrogen-bond donors (Lipinski definition) is 0. The molecule has 5 heteroatoms. The first kappa shape index (κ1) is 39.1. The Kier molecular flexibility index (Phi) is 11.4. The van der Waals surface area contributed by atoms with Gasteiger partial charge in [0.2, 0.25) is 0 Å². The molecule has 4 heterocycles. The highest BCUT2D eigenvalue weighted by Gasteiger charge is 2.17. The van der Waals surface area contributed by atoms with Gasteiger partial charge >= 0.3 is 0 Å². The SMILES string of the molecule is c1ccc(-c2ccc(-c3cc(-c4ccccn4)ccc3-n3ccnc3-c3cc(CCc4ccc(-c5ccccn5)cc4)cc(CCc4ccc(-c5ccccn5)cc4)c3)cc2)cc1. The minimum absolute atomic E-state index is 0.904. The van der Waals surface area contributed by atoms with Crippen molar-refractivity contribution in [2.24, 2.45) is 0 Å². The Morgan fingerprint density at radius 2 is 0.762 bits per heavy atom. The monoisotopic (exact) mass is 811 g/mol. The lowest BCUT2D eigenvalue weighted by molar-refractivity contribution is 0.929. The standard InChI is InChI=1S/C58H45N5/c1-2-10-46(11-3-1)47-27-29-48(30-28-47)53-41-51(56-14-6-9-35-61-56)31-32-57(53)63-37-36-62-58(63)52-39-44(17-15-42-19-23-49(24-20-42)54-12-4-7-33-59-54)38-45(40-52)18-16-43-21-25-50(26-22-43)55-13-5-8-34-60-55/h1-14,19-41H,15-18H2. The van der Waals surface area contributed by atoms with Gasteiger partial charge in [-0.05, 0) is 125 Å². The molecule has 0 saturated carbocycles. The number of rotatable bonds is 13. The number of imidazole rings is 1. The van der Waals surface area contributed by atoms with Crippen LogP contribution in [0.5, 0.6) is 0 Å². The van der Waals surface area contributed by atoms with Gasteiger partial charge in [-0.1, -0.05) is 133 Å². The molecule has 0 aliphatic carbocycles. The van der Waals surface area contributed by atoms with Crippen LogP contribution in [0.1, 0.15) is 22.3 Å². The average Bonchev–Trinajstić information content (AvgIpc) is 3.87. The van der Waals surface area contributed by atoms with Gasteiger partial charge in [-0.25, -0.2) is 4.98 Å². The number of benzene rings is 6. The van der Waals surface area contributed by atoms with E-state index >= 15 is 0 Å². The first-order valence-corrected chi connectivity index (χ1v) is 21.6. The third-order valence-corrected chi connectivity index (χ3v) is 11.7. The molecule has 5 nitrogen and oxygen atoms in total. The number of aromatic nitrogens is 5. The van der Waals surface area contributed by atoms with Crippen molar-refractivity contribution in [3.63, 3.8) is 0 Å². The molecular formula is C58H45N5. The van der Waals surface area contributed by atoms with E-state index in [4.69, 9.17) is 9.97 Å².